The van der Waals surface area contributed by atoms with Crippen LogP contribution in [0.1, 0.15) is 5.56 Å². The fourth-order valence-corrected chi connectivity index (χ4v) is 5.89. The molecule has 0 bridgehead atoms. The van der Waals surface area contributed by atoms with E-state index in [9.17, 15) is 17.6 Å². The van der Waals surface area contributed by atoms with Gasteiger partial charge in [0.2, 0.25) is 5.91 Å². The van der Waals surface area contributed by atoms with Gasteiger partial charge in [-0.15, -0.1) is 0 Å². The van der Waals surface area contributed by atoms with E-state index in [-0.39, 0.29) is 33.0 Å². The quantitative estimate of drug-likeness (QED) is 0.307. The van der Waals surface area contributed by atoms with E-state index >= 15 is 0 Å². The number of sulfonamides is 1. The van der Waals surface area contributed by atoms with E-state index in [0.717, 1.165) is 4.31 Å². The summed E-state index contributed by atoms with van der Waals surface area (Å²) in [5, 5.41) is 3.47. The molecule has 0 radical (unpaired) electrons. The third kappa shape index (κ3) is 6.79. The van der Waals surface area contributed by atoms with Gasteiger partial charge in [0.1, 0.15) is 12.4 Å². The van der Waals surface area contributed by atoms with Crippen LogP contribution in [0.5, 0.6) is 0 Å². The van der Waals surface area contributed by atoms with Gasteiger partial charge in [-0.2, -0.15) is 11.8 Å². The molecule has 34 heavy (non-hydrogen) atoms. The number of carbonyl (C=O) groups is 1. The predicted molar refractivity (Wildman–Crippen MR) is 138 cm³/mol. The average molecular weight is 562 g/mol. The van der Waals surface area contributed by atoms with Crippen LogP contribution in [-0.4, -0.2) is 33.2 Å². The zero-order valence-electron chi connectivity index (χ0n) is 17.7. The zero-order chi connectivity index (χ0) is 24.7. The highest BCUT2D eigenvalue weighted by Gasteiger charge is 2.27. The Balaban J connectivity index is 1.66. The van der Waals surface area contributed by atoms with Gasteiger partial charge >= 0.3 is 0 Å². The Hall–Kier alpha value is -1.97. The lowest BCUT2D eigenvalue weighted by Gasteiger charge is -2.24. The molecule has 0 unspecified atom stereocenters. The van der Waals surface area contributed by atoms with Crippen molar-refractivity contribution in [2.75, 3.05) is 23.1 Å². The maximum Gasteiger partial charge on any atom is 0.264 e. The lowest BCUT2D eigenvalue weighted by Crippen LogP contribution is -2.41. The summed E-state index contributed by atoms with van der Waals surface area (Å²) < 4.78 is 41.4. The second-order valence-corrected chi connectivity index (χ2v) is 11.2. The number of nitrogens with one attached hydrogen (secondary N) is 1. The molecule has 180 valence electrons. The molecule has 1 N–H and O–H groups in total. The molecule has 5 nitrogen and oxygen atoms in total. The second-order valence-electron chi connectivity index (χ2n) is 7.03. The number of amides is 1. The summed E-state index contributed by atoms with van der Waals surface area (Å²) in [6.07, 6.45) is 0. The molecule has 0 saturated heterocycles. The summed E-state index contributed by atoms with van der Waals surface area (Å²) in [4.78, 5) is 12.7. The van der Waals surface area contributed by atoms with Crippen molar-refractivity contribution in [3.05, 3.63) is 93.2 Å². The van der Waals surface area contributed by atoms with E-state index in [4.69, 9.17) is 34.8 Å². The van der Waals surface area contributed by atoms with E-state index in [2.05, 4.69) is 5.32 Å². The molecule has 11 heteroatoms. The van der Waals surface area contributed by atoms with Crippen LogP contribution in [0, 0.1) is 5.82 Å². The van der Waals surface area contributed by atoms with Crippen LogP contribution in [0.2, 0.25) is 15.1 Å². The highest BCUT2D eigenvalue weighted by molar-refractivity contribution is 7.98. The van der Waals surface area contributed by atoms with Crippen molar-refractivity contribution in [3.63, 3.8) is 0 Å². The van der Waals surface area contributed by atoms with Gasteiger partial charge in [-0.1, -0.05) is 59.1 Å². The number of hydrogen-bond acceptors (Lipinski definition) is 4. The fourth-order valence-electron chi connectivity index (χ4n) is 2.97. The molecule has 3 aromatic rings. The molecule has 0 aliphatic heterocycles. The molecule has 0 atom stereocenters. The standard InChI is InChI=1S/C23H20Cl3FN2O3S2/c24-19-7-4-8-22(27)18(19)15-33-12-11-28-23(30)14-29(16-9-10-20(25)21(26)13-16)34(31,32)17-5-2-1-3-6-17/h1-10,13H,11-12,14-15H2,(H,28,30). The third-order valence-corrected chi connectivity index (χ3v) is 8.55. The number of thioether (sulfide) groups is 1. The van der Waals surface area contributed by atoms with Crippen LogP contribution in [0.25, 0.3) is 0 Å². The number of rotatable bonds is 10. The molecular formula is C23H20Cl3FN2O3S2. The highest BCUT2D eigenvalue weighted by Crippen LogP contribution is 2.30. The van der Waals surface area contributed by atoms with Crippen molar-refractivity contribution in [3.8, 4) is 0 Å². The van der Waals surface area contributed by atoms with Crippen molar-refractivity contribution < 1.29 is 17.6 Å². The normalized spacial score (nSPS) is 11.3. The van der Waals surface area contributed by atoms with Gasteiger partial charge < -0.3 is 5.32 Å². The molecule has 0 aliphatic carbocycles. The number of halogens is 4. The zero-order valence-corrected chi connectivity index (χ0v) is 21.6. The van der Waals surface area contributed by atoms with Gasteiger partial charge in [0.25, 0.3) is 10.0 Å². The molecular weight excluding hydrogens is 542 g/mol. The van der Waals surface area contributed by atoms with Crippen LogP contribution >= 0.6 is 46.6 Å². The Bertz CT molecular complexity index is 1240. The first kappa shape index (κ1) is 26.6. The summed E-state index contributed by atoms with van der Waals surface area (Å²) in [7, 11) is -4.05. The van der Waals surface area contributed by atoms with Gasteiger partial charge in [0, 0.05) is 28.6 Å². The topological polar surface area (TPSA) is 66.5 Å². The molecule has 0 heterocycles. The molecule has 0 spiro atoms. The number of benzene rings is 3. The fraction of sp³-hybridized carbons (Fsp3) is 0.174. The second kappa shape index (κ2) is 12.1. The van der Waals surface area contributed by atoms with Crippen LogP contribution in [0.3, 0.4) is 0 Å². The van der Waals surface area contributed by atoms with E-state index in [1.54, 1.807) is 24.3 Å². The number of hydrogen-bond donors (Lipinski definition) is 1. The maximum atomic E-state index is 13.8. The molecule has 0 aromatic heterocycles. The third-order valence-electron chi connectivity index (χ3n) is 4.69. The Labute approximate surface area is 217 Å². The molecule has 0 aliphatic rings. The minimum absolute atomic E-state index is 0.0335. The Morgan fingerprint density at radius 1 is 0.941 bits per heavy atom. The van der Waals surface area contributed by atoms with Crippen molar-refractivity contribution in [2.45, 2.75) is 10.6 Å². The summed E-state index contributed by atoms with van der Waals surface area (Å²) in [5.74, 6) is -0.0594. The van der Waals surface area contributed by atoms with Gasteiger partial charge in [-0.3, -0.25) is 9.10 Å². The van der Waals surface area contributed by atoms with Crippen molar-refractivity contribution in [2.24, 2.45) is 0 Å². The molecule has 3 rings (SSSR count). The Kier molecular flexibility index (Phi) is 9.50. The monoisotopic (exact) mass is 560 g/mol. The molecule has 0 fully saturated rings. The Morgan fingerprint density at radius 2 is 1.68 bits per heavy atom. The lowest BCUT2D eigenvalue weighted by molar-refractivity contribution is -0.119. The van der Waals surface area contributed by atoms with Crippen molar-refractivity contribution >= 4 is 68.2 Å². The van der Waals surface area contributed by atoms with Crippen molar-refractivity contribution in [1.82, 2.24) is 5.32 Å². The first-order chi connectivity index (χ1) is 16.2. The summed E-state index contributed by atoms with van der Waals surface area (Å²) in [6, 6.07) is 16.6. The first-order valence-electron chi connectivity index (χ1n) is 10.0. The van der Waals surface area contributed by atoms with E-state index in [1.165, 1.54) is 54.2 Å². The minimum Gasteiger partial charge on any atom is -0.354 e. The molecule has 0 saturated carbocycles. The smallest absolute Gasteiger partial charge is 0.264 e. The van der Waals surface area contributed by atoms with Crippen LogP contribution in [0.4, 0.5) is 10.1 Å². The number of anilines is 1. The van der Waals surface area contributed by atoms with E-state index in [0.29, 0.717) is 22.1 Å². The SMILES string of the molecule is O=C(CN(c1ccc(Cl)c(Cl)c1)S(=O)(=O)c1ccccc1)NCCSCc1c(F)cccc1Cl. The van der Waals surface area contributed by atoms with Gasteiger partial charge in [0.15, 0.2) is 0 Å². The lowest BCUT2D eigenvalue weighted by atomic mass is 10.2. The average Bonchev–Trinajstić information content (AvgIpc) is 2.81. The van der Waals surface area contributed by atoms with Gasteiger partial charge in [0.05, 0.1) is 20.6 Å². The summed E-state index contributed by atoms with van der Waals surface area (Å²) >= 11 is 19.5. The summed E-state index contributed by atoms with van der Waals surface area (Å²) in [5.41, 5.74) is 0.609. The van der Waals surface area contributed by atoms with Crippen molar-refractivity contribution in [1.29, 1.82) is 0 Å². The molecule has 1 amide bonds. The number of carbonyl (C=O) groups excluding carboxylic acids is 1. The van der Waals surface area contributed by atoms with Crippen LogP contribution in [0.15, 0.2) is 71.6 Å². The minimum atomic E-state index is -4.05. The van der Waals surface area contributed by atoms with Crippen LogP contribution in [-0.2, 0) is 20.6 Å². The van der Waals surface area contributed by atoms with Gasteiger partial charge in [-0.05, 0) is 42.5 Å². The maximum absolute atomic E-state index is 13.8. The Morgan fingerprint density at radius 3 is 2.35 bits per heavy atom. The highest BCUT2D eigenvalue weighted by atomic mass is 35.5. The van der Waals surface area contributed by atoms with Crippen LogP contribution < -0.4 is 9.62 Å². The van der Waals surface area contributed by atoms with Gasteiger partial charge in [-0.25, -0.2) is 12.8 Å². The molecule has 3 aromatic carbocycles. The van der Waals surface area contributed by atoms with E-state index in [1.807, 2.05) is 0 Å². The first-order valence-corrected chi connectivity index (χ1v) is 13.7. The number of nitrogens with zero attached hydrogens (tertiary/aromatic N) is 1. The predicted octanol–water partition coefficient (Wildman–Crippen LogP) is 6.03. The summed E-state index contributed by atoms with van der Waals surface area (Å²) in [6.45, 7) is -0.199. The largest absolute Gasteiger partial charge is 0.354 e. The van der Waals surface area contributed by atoms with E-state index < -0.39 is 22.5 Å².